The van der Waals surface area contributed by atoms with E-state index in [9.17, 15) is 0 Å². The number of imidazole rings is 1. The Hall–Kier alpha value is -1.09. The van der Waals surface area contributed by atoms with Crippen molar-refractivity contribution in [3.8, 4) is 0 Å². The fraction of sp³-hybridized carbons (Fsp3) is 0.308. The van der Waals surface area contributed by atoms with Crippen molar-refractivity contribution in [3.05, 3.63) is 52.5 Å². The summed E-state index contributed by atoms with van der Waals surface area (Å²) >= 11 is 3.57. The molecule has 0 bridgehead atoms. The molecule has 0 radical (unpaired) electrons. The van der Waals surface area contributed by atoms with E-state index in [2.05, 4.69) is 50.6 Å². The first-order valence-electron chi connectivity index (χ1n) is 5.54. The summed E-state index contributed by atoms with van der Waals surface area (Å²) < 4.78 is 3.37. The first-order valence-corrected chi connectivity index (χ1v) is 6.34. The molecular weight excluding hydrogens is 264 g/mol. The fourth-order valence-electron chi connectivity index (χ4n) is 1.75. The Morgan fingerprint density at radius 3 is 2.88 bits per heavy atom. The highest BCUT2D eigenvalue weighted by atomic mass is 79.9. The fourth-order valence-corrected chi connectivity index (χ4v) is 2.16. The third-order valence-corrected chi connectivity index (χ3v) is 3.35. The molecule has 16 heavy (non-hydrogen) atoms. The van der Waals surface area contributed by atoms with Gasteiger partial charge in [-0.2, -0.15) is 0 Å². The standard InChI is InChI=1S/C13H15BrN2/c1-2-5-13-15-8-9-16(13)10-11-6-3-4-7-12(11)14/h3-4,6-9H,2,5,10H2,1H3. The van der Waals surface area contributed by atoms with Gasteiger partial charge in [-0.1, -0.05) is 41.1 Å². The van der Waals surface area contributed by atoms with Crippen molar-refractivity contribution in [1.82, 2.24) is 9.55 Å². The van der Waals surface area contributed by atoms with Gasteiger partial charge in [-0.05, 0) is 18.1 Å². The van der Waals surface area contributed by atoms with Crippen LogP contribution in [-0.4, -0.2) is 9.55 Å². The molecule has 84 valence electrons. The van der Waals surface area contributed by atoms with Gasteiger partial charge in [0.05, 0.1) is 0 Å². The number of aromatic nitrogens is 2. The average Bonchev–Trinajstić information content (AvgIpc) is 2.70. The largest absolute Gasteiger partial charge is 0.330 e. The van der Waals surface area contributed by atoms with Gasteiger partial charge in [-0.25, -0.2) is 4.98 Å². The van der Waals surface area contributed by atoms with Gasteiger partial charge in [0.2, 0.25) is 0 Å². The van der Waals surface area contributed by atoms with Gasteiger partial charge in [0.1, 0.15) is 5.82 Å². The second kappa shape index (κ2) is 5.30. The number of halogens is 1. The van der Waals surface area contributed by atoms with Crippen LogP contribution in [0.25, 0.3) is 0 Å². The van der Waals surface area contributed by atoms with Crippen molar-refractivity contribution < 1.29 is 0 Å². The van der Waals surface area contributed by atoms with E-state index in [4.69, 9.17) is 0 Å². The molecule has 3 heteroatoms. The normalized spacial score (nSPS) is 10.6. The number of nitrogens with zero attached hydrogens (tertiary/aromatic N) is 2. The molecule has 2 nitrogen and oxygen atoms in total. The van der Waals surface area contributed by atoms with Crippen molar-refractivity contribution in [2.75, 3.05) is 0 Å². The molecule has 2 rings (SSSR count). The van der Waals surface area contributed by atoms with Gasteiger partial charge < -0.3 is 4.57 Å². The van der Waals surface area contributed by atoms with E-state index in [-0.39, 0.29) is 0 Å². The number of hydrogen-bond acceptors (Lipinski definition) is 1. The summed E-state index contributed by atoms with van der Waals surface area (Å²) in [6.07, 6.45) is 6.09. The van der Waals surface area contributed by atoms with Gasteiger partial charge in [0, 0.05) is 29.8 Å². The van der Waals surface area contributed by atoms with E-state index in [1.165, 1.54) is 11.4 Å². The Labute approximate surface area is 104 Å². The molecule has 0 aliphatic rings. The Bertz CT molecular complexity index is 462. The summed E-state index contributed by atoms with van der Waals surface area (Å²) in [4.78, 5) is 4.38. The lowest BCUT2D eigenvalue weighted by Gasteiger charge is -2.08. The maximum atomic E-state index is 4.38. The molecular formula is C13H15BrN2. The molecule has 0 amide bonds. The molecule has 0 atom stereocenters. The SMILES string of the molecule is CCCc1nccn1Cc1ccccc1Br. The van der Waals surface area contributed by atoms with E-state index in [0.717, 1.165) is 23.9 Å². The highest BCUT2D eigenvalue weighted by molar-refractivity contribution is 9.10. The molecule has 0 aliphatic carbocycles. The number of rotatable bonds is 4. The molecule has 0 saturated heterocycles. The van der Waals surface area contributed by atoms with E-state index in [1.807, 2.05) is 18.5 Å². The highest BCUT2D eigenvalue weighted by Gasteiger charge is 2.04. The molecule has 0 fully saturated rings. The van der Waals surface area contributed by atoms with Crippen LogP contribution in [0, 0.1) is 0 Å². The third-order valence-electron chi connectivity index (χ3n) is 2.57. The van der Waals surface area contributed by atoms with Gasteiger partial charge in [0.15, 0.2) is 0 Å². The summed E-state index contributed by atoms with van der Waals surface area (Å²) in [5, 5.41) is 0. The van der Waals surface area contributed by atoms with Crippen molar-refractivity contribution in [2.24, 2.45) is 0 Å². The zero-order valence-electron chi connectivity index (χ0n) is 9.36. The zero-order valence-corrected chi connectivity index (χ0v) is 10.9. The quantitative estimate of drug-likeness (QED) is 0.835. The summed E-state index contributed by atoms with van der Waals surface area (Å²) in [5.74, 6) is 1.17. The summed E-state index contributed by atoms with van der Waals surface area (Å²) in [6.45, 7) is 3.06. The van der Waals surface area contributed by atoms with Crippen molar-refractivity contribution in [1.29, 1.82) is 0 Å². The maximum Gasteiger partial charge on any atom is 0.108 e. The van der Waals surface area contributed by atoms with Crippen LogP contribution in [0.15, 0.2) is 41.1 Å². The monoisotopic (exact) mass is 278 g/mol. The van der Waals surface area contributed by atoms with E-state index in [0.29, 0.717) is 0 Å². The van der Waals surface area contributed by atoms with Crippen molar-refractivity contribution in [2.45, 2.75) is 26.3 Å². The van der Waals surface area contributed by atoms with Crippen LogP contribution < -0.4 is 0 Å². The van der Waals surface area contributed by atoms with Crippen LogP contribution in [0.4, 0.5) is 0 Å². The molecule has 1 aromatic heterocycles. The van der Waals surface area contributed by atoms with Gasteiger partial charge in [-0.3, -0.25) is 0 Å². The Morgan fingerprint density at radius 1 is 1.31 bits per heavy atom. The molecule has 2 aromatic rings. The molecule has 1 aromatic carbocycles. The molecule has 0 saturated carbocycles. The Kier molecular flexibility index (Phi) is 3.78. The van der Waals surface area contributed by atoms with Crippen LogP contribution in [0.3, 0.4) is 0 Å². The van der Waals surface area contributed by atoms with E-state index >= 15 is 0 Å². The number of aryl methyl sites for hydroxylation is 1. The lowest BCUT2D eigenvalue weighted by atomic mass is 10.2. The summed E-state index contributed by atoms with van der Waals surface area (Å²) in [6, 6.07) is 8.32. The lowest BCUT2D eigenvalue weighted by molar-refractivity contribution is 0.703. The maximum absolute atomic E-state index is 4.38. The van der Waals surface area contributed by atoms with Gasteiger partial charge >= 0.3 is 0 Å². The van der Waals surface area contributed by atoms with E-state index < -0.39 is 0 Å². The van der Waals surface area contributed by atoms with Gasteiger partial charge in [-0.15, -0.1) is 0 Å². The first kappa shape index (κ1) is 11.4. The average molecular weight is 279 g/mol. The number of hydrogen-bond donors (Lipinski definition) is 0. The summed E-state index contributed by atoms with van der Waals surface area (Å²) in [7, 11) is 0. The minimum atomic E-state index is 0.886. The van der Waals surface area contributed by atoms with E-state index in [1.54, 1.807) is 0 Å². The van der Waals surface area contributed by atoms with Gasteiger partial charge in [0.25, 0.3) is 0 Å². The molecule has 0 N–H and O–H groups in total. The minimum absolute atomic E-state index is 0.886. The molecule has 0 unspecified atom stereocenters. The van der Waals surface area contributed by atoms with Crippen molar-refractivity contribution >= 4 is 15.9 Å². The Balaban J connectivity index is 2.20. The van der Waals surface area contributed by atoms with Crippen LogP contribution in [0.1, 0.15) is 24.7 Å². The molecule has 1 heterocycles. The first-order chi connectivity index (χ1) is 7.81. The second-order valence-electron chi connectivity index (χ2n) is 3.81. The van der Waals surface area contributed by atoms with Crippen LogP contribution in [0.5, 0.6) is 0 Å². The zero-order chi connectivity index (χ0) is 11.4. The molecule has 0 spiro atoms. The minimum Gasteiger partial charge on any atom is -0.330 e. The predicted octanol–water partition coefficient (Wildman–Crippen LogP) is 3.65. The topological polar surface area (TPSA) is 17.8 Å². The van der Waals surface area contributed by atoms with Crippen LogP contribution >= 0.6 is 15.9 Å². The predicted molar refractivity (Wildman–Crippen MR) is 69.5 cm³/mol. The smallest absolute Gasteiger partial charge is 0.108 e. The number of benzene rings is 1. The molecule has 0 aliphatic heterocycles. The lowest BCUT2D eigenvalue weighted by Crippen LogP contribution is -2.04. The second-order valence-corrected chi connectivity index (χ2v) is 4.67. The third kappa shape index (κ3) is 2.53. The Morgan fingerprint density at radius 2 is 2.12 bits per heavy atom. The highest BCUT2D eigenvalue weighted by Crippen LogP contribution is 2.17. The van der Waals surface area contributed by atoms with Crippen LogP contribution in [0.2, 0.25) is 0 Å². The van der Waals surface area contributed by atoms with Crippen molar-refractivity contribution in [3.63, 3.8) is 0 Å². The summed E-state index contributed by atoms with van der Waals surface area (Å²) in [5.41, 5.74) is 1.29. The van der Waals surface area contributed by atoms with Crippen LogP contribution in [-0.2, 0) is 13.0 Å².